The number of carboxylic acid groups (broad SMARTS) is 1. The van der Waals surface area contributed by atoms with Gasteiger partial charge in [-0.3, -0.25) is 4.79 Å². The van der Waals surface area contributed by atoms with Crippen LogP contribution < -0.4 is 5.32 Å². The number of thioether (sulfide) groups is 2. The van der Waals surface area contributed by atoms with Crippen LogP contribution in [0.1, 0.15) is 45.8 Å². The van der Waals surface area contributed by atoms with Crippen molar-refractivity contribution in [3.63, 3.8) is 0 Å². The largest absolute Gasteiger partial charge is 0.480 e. The van der Waals surface area contributed by atoms with Gasteiger partial charge >= 0.3 is 5.97 Å². The molecule has 0 saturated carbocycles. The molecule has 9 heteroatoms. The third-order valence-corrected chi connectivity index (χ3v) is 9.49. The number of nitrogens with zero attached hydrogens (tertiary/aromatic N) is 1. The van der Waals surface area contributed by atoms with Crippen LogP contribution in [-0.2, 0) is 16.1 Å². The van der Waals surface area contributed by atoms with E-state index >= 15 is 0 Å². The molecule has 3 aromatic carbocycles. The van der Waals surface area contributed by atoms with E-state index in [0.29, 0.717) is 24.3 Å². The summed E-state index contributed by atoms with van der Waals surface area (Å²) in [6.07, 6.45) is 4.06. The number of carboxylic acids is 1. The summed E-state index contributed by atoms with van der Waals surface area (Å²) in [7, 11) is 0. The van der Waals surface area contributed by atoms with Gasteiger partial charge in [0.05, 0.1) is 11.5 Å². The van der Waals surface area contributed by atoms with E-state index in [1.165, 1.54) is 0 Å². The standard InChI is InChI=1S/C33H36N2O4S3/c1-4-41-21-29(30-19-34-32(42-30)24-11-6-5-7-12-24)39-20-23-14-15-26(27(18-23)25-13-9-8-10-22(25)2)31(36)35-28(33(37)38)16-17-40-3/h5-15,18-19,28-29H,4,16-17,20-21H2,1-3H3,(H,35,36)(H,37,38). The summed E-state index contributed by atoms with van der Waals surface area (Å²) in [5.41, 5.74) is 5.17. The zero-order valence-electron chi connectivity index (χ0n) is 24.0. The molecule has 4 aromatic rings. The van der Waals surface area contributed by atoms with Crippen molar-refractivity contribution < 1.29 is 19.4 Å². The van der Waals surface area contributed by atoms with E-state index in [1.807, 2.05) is 85.7 Å². The molecule has 2 atom stereocenters. The number of amides is 1. The first-order valence-corrected chi connectivity index (χ1v) is 17.2. The summed E-state index contributed by atoms with van der Waals surface area (Å²) in [6, 6.07) is 22.7. The van der Waals surface area contributed by atoms with Crippen LogP contribution in [0.3, 0.4) is 0 Å². The summed E-state index contributed by atoms with van der Waals surface area (Å²) < 4.78 is 6.50. The number of hydrogen-bond donors (Lipinski definition) is 2. The van der Waals surface area contributed by atoms with Crippen molar-refractivity contribution in [2.24, 2.45) is 0 Å². The number of carbonyl (C=O) groups is 2. The Labute approximate surface area is 260 Å². The predicted octanol–water partition coefficient (Wildman–Crippen LogP) is 7.73. The quantitative estimate of drug-likeness (QED) is 0.141. The molecule has 6 nitrogen and oxygen atoms in total. The van der Waals surface area contributed by atoms with Crippen LogP contribution in [0.2, 0.25) is 0 Å². The summed E-state index contributed by atoms with van der Waals surface area (Å²) >= 11 is 5.03. The third-order valence-electron chi connectivity index (χ3n) is 6.76. The van der Waals surface area contributed by atoms with Gasteiger partial charge in [-0.2, -0.15) is 23.5 Å². The molecule has 0 bridgehead atoms. The molecule has 4 rings (SSSR count). The molecule has 0 aliphatic heterocycles. The zero-order chi connectivity index (χ0) is 29.9. The average molecular weight is 621 g/mol. The molecule has 0 saturated heterocycles. The smallest absolute Gasteiger partial charge is 0.326 e. The van der Waals surface area contributed by atoms with Crippen LogP contribution in [0.25, 0.3) is 21.7 Å². The van der Waals surface area contributed by atoms with Crippen molar-refractivity contribution in [2.75, 3.05) is 23.5 Å². The normalized spacial score (nSPS) is 12.5. The number of aliphatic carboxylic acids is 1. The van der Waals surface area contributed by atoms with E-state index in [9.17, 15) is 14.7 Å². The fourth-order valence-corrected chi connectivity index (χ4v) is 6.76. The molecule has 0 aliphatic carbocycles. The highest BCUT2D eigenvalue weighted by atomic mass is 32.2. The molecular formula is C33H36N2O4S3. The number of aryl methyl sites for hydroxylation is 1. The zero-order valence-corrected chi connectivity index (χ0v) is 26.5. The number of rotatable bonds is 15. The number of ether oxygens (including phenoxy) is 1. The van der Waals surface area contributed by atoms with Crippen LogP contribution in [0.5, 0.6) is 0 Å². The molecule has 0 fully saturated rings. The predicted molar refractivity (Wildman–Crippen MR) is 177 cm³/mol. The number of nitrogens with one attached hydrogen (secondary N) is 1. The molecule has 2 unspecified atom stereocenters. The highest BCUT2D eigenvalue weighted by molar-refractivity contribution is 7.99. The molecule has 2 N–H and O–H groups in total. The van der Waals surface area contributed by atoms with Gasteiger partial charge in [-0.1, -0.05) is 67.6 Å². The van der Waals surface area contributed by atoms with Crippen LogP contribution in [-0.4, -0.2) is 51.5 Å². The first-order valence-electron chi connectivity index (χ1n) is 13.8. The SMILES string of the molecule is CCSCC(OCc1ccc(C(=O)NC(CCSC)C(=O)O)c(-c2ccccc2C)c1)c1cnc(-c2ccccc2)s1. The topological polar surface area (TPSA) is 88.5 Å². The highest BCUT2D eigenvalue weighted by Crippen LogP contribution is 2.34. The summed E-state index contributed by atoms with van der Waals surface area (Å²) in [4.78, 5) is 31.0. The Kier molecular flexibility index (Phi) is 12.1. The summed E-state index contributed by atoms with van der Waals surface area (Å²) in [5.74, 6) is 1.01. The Bertz CT molecular complexity index is 1480. The molecule has 1 amide bonds. The maximum Gasteiger partial charge on any atom is 0.326 e. The van der Waals surface area contributed by atoms with Crippen LogP contribution >= 0.6 is 34.9 Å². The lowest BCUT2D eigenvalue weighted by Gasteiger charge is -2.19. The molecule has 1 heterocycles. The van der Waals surface area contributed by atoms with Crippen molar-refractivity contribution >= 4 is 46.7 Å². The molecule has 0 spiro atoms. The number of aromatic nitrogens is 1. The van der Waals surface area contributed by atoms with Gasteiger partial charge in [0.15, 0.2) is 0 Å². The second-order valence-electron chi connectivity index (χ2n) is 9.73. The van der Waals surface area contributed by atoms with Gasteiger partial charge in [-0.15, -0.1) is 11.3 Å². The van der Waals surface area contributed by atoms with Gasteiger partial charge in [-0.05, 0) is 65.5 Å². The van der Waals surface area contributed by atoms with Crippen molar-refractivity contribution in [1.29, 1.82) is 0 Å². The van der Waals surface area contributed by atoms with E-state index in [-0.39, 0.29) is 6.10 Å². The summed E-state index contributed by atoms with van der Waals surface area (Å²) in [6.45, 7) is 4.50. The number of hydrogen-bond acceptors (Lipinski definition) is 7. The first kappa shape index (κ1) is 31.8. The van der Waals surface area contributed by atoms with Crippen molar-refractivity contribution in [3.8, 4) is 21.7 Å². The molecule has 1 aromatic heterocycles. The van der Waals surface area contributed by atoms with E-state index in [1.54, 1.807) is 29.2 Å². The average Bonchev–Trinajstić information content (AvgIpc) is 3.50. The monoisotopic (exact) mass is 620 g/mol. The minimum atomic E-state index is -1.03. The second-order valence-corrected chi connectivity index (χ2v) is 13.1. The Morgan fingerprint density at radius 1 is 1.05 bits per heavy atom. The molecule has 0 radical (unpaired) electrons. The fraction of sp³-hybridized carbons (Fsp3) is 0.303. The maximum atomic E-state index is 13.4. The van der Waals surface area contributed by atoms with Gasteiger partial charge in [0.1, 0.15) is 17.2 Å². The molecular weight excluding hydrogens is 585 g/mol. The van der Waals surface area contributed by atoms with E-state index in [0.717, 1.165) is 49.2 Å². The Morgan fingerprint density at radius 3 is 2.52 bits per heavy atom. The Balaban J connectivity index is 1.59. The lowest BCUT2D eigenvalue weighted by molar-refractivity contribution is -0.139. The lowest BCUT2D eigenvalue weighted by atomic mass is 9.93. The summed E-state index contributed by atoms with van der Waals surface area (Å²) in [5, 5.41) is 13.4. The second kappa shape index (κ2) is 15.9. The van der Waals surface area contributed by atoms with Crippen molar-refractivity contribution in [3.05, 3.63) is 101 Å². The highest BCUT2D eigenvalue weighted by Gasteiger charge is 2.23. The molecule has 220 valence electrons. The number of benzene rings is 3. The maximum absolute atomic E-state index is 13.4. The minimum absolute atomic E-state index is 0.123. The minimum Gasteiger partial charge on any atom is -0.480 e. The van der Waals surface area contributed by atoms with Crippen molar-refractivity contribution in [1.82, 2.24) is 10.3 Å². The molecule has 42 heavy (non-hydrogen) atoms. The third kappa shape index (κ3) is 8.47. The Morgan fingerprint density at radius 2 is 1.81 bits per heavy atom. The number of thiazole rings is 1. The molecule has 0 aliphatic rings. The van der Waals surface area contributed by atoms with E-state index in [4.69, 9.17) is 4.74 Å². The van der Waals surface area contributed by atoms with Gasteiger partial charge in [0.25, 0.3) is 5.91 Å². The van der Waals surface area contributed by atoms with Gasteiger partial charge < -0.3 is 15.2 Å². The Hall–Kier alpha value is -3.11. The van der Waals surface area contributed by atoms with Crippen LogP contribution in [0, 0.1) is 6.92 Å². The van der Waals surface area contributed by atoms with Gasteiger partial charge in [0, 0.05) is 23.1 Å². The van der Waals surface area contributed by atoms with Gasteiger partial charge in [-0.25, -0.2) is 9.78 Å². The van der Waals surface area contributed by atoms with E-state index in [2.05, 4.69) is 29.4 Å². The first-order chi connectivity index (χ1) is 20.4. The fourth-order valence-electron chi connectivity index (χ4n) is 4.49. The van der Waals surface area contributed by atoms with Gasteiger partial charge in [0.2, 0.25) is 0 Å². The van der Waals surface area contributed by atoms with E-state index < -0.39 is 17.9 Å². The van der Waals surface area contributed by atoms with Crippen LogP contribution in [0.15, 0.2) is 79.0 Å². The van der Waals surface area contributed by atoms with Crippen molar-refractivity contribution in [2.45, 2.75) is 39.0 Å². The van der Waals surface area contributed by atoms with Crippen LogP contribution in [0.4, 0.5) is 0 Å². The number of carbonyl (C=O) groups excluding carboxylic acids is 1. The lowest BCUT2D eigenvalue weighted by Crippen LogP contribution is -2.41.